The Hall–Kier alpha value is -1.13. The maximum atomic E-state index is 10.4. The van der Waals surface area contributed by atoms with E-state index in [1.165, 1.54) is 4.88 Å². The molecule has 2 aromatic heterocycles. The minimum absolute atomic E-state index is 0.562. The predicted octanol–water partition coefficient (Wildman–Crippen LogP) is 2.92. The van der Waals surface area contributed by atoms with Gasteiger partial charge in [-0.05, 0) is 43.3 Å². The molecule has 0 fully saturated rings. The summed E-state index contributed by atoms with van der Waals surface area (Å²) >= 11 is 1.66. The van der Waals surface area contributed by atoms with Crippen molar-refractivity contribution in [3.05, 3.63) is 39.3 Å². The van der Waals surface area contributed by atoms with Crippen molar-refractivity contribution < 1.29 is 5.11 Å². The van der Waals surface area contributed by atoms with Crippen molar-refractivity contribution in [3.8, 4) is 0 Å². The number of aryl methyl sites for hydroxylation is 3. The number of hydrogen-bond acceptors (Lipinski definition) is 3. The monoisotopic (exact) mass is 250 g/mol. The molecule has 2 aromatic rings. The van der Waals surface area contributed by atoms with Crippen molar-refractivity contribution in [2.75, 3.05) is 0 Å². The summed E-state index contributed by atoms with van der Waals surface area (Å²) in [4.78, 5) is 1.22. The van der Waals surface area contributed by atoms with E-state index in [-0.39, 0.29) is 0 Å². The Kier molecular flexibility index (Phi) is 3.64. The lowest BCUT2D eigenvalue weighted by molar-refractivity contribution is 0.208. The second kappa shape index (κ2) is 5.02. The molecule has 17 heavy (non-hydrogen) atoms. The molecule has 92 valence electrons. The second-order valence-corrected chi connectivity index (χ2v) is 5.24. The third-order valence-electron chi connectivity index (χ3n) is 2.87. The van der Waals surface area contributed by atoms with Crippen molar-refractivity contribution in [2.24, 2.45) is 0 Å². The molecule has 0 spiro atoms. The zero-order chi connectivity index (χ0) is 12.4. The number of rotatable bonds is 4. The van der Waals surface area contributed by atoms with Crippen LogP contribution in [0.3, 0.4) is 0 Å². The molecule has 0 radical (unpaired) electrons. The summed E-state index contributed by atoms with van der Waals surface area (Å²) in [6.07, 6.45) is 0.336. The fraction of sp³-hybridized carbons (Fsp3) is 0.462. The summed E-state index contributed by atoms with van der Waals surface area (Å²) in [7, 11) is 0. The molecule has 0 aromatic carbocycles. The van der Waals surface area contributed by atoms with E-state index in [0.29, 0.717) is 0 Å². The van der Waals surface area contributed by atoms with Crippen molar-refractivity contribution in [1.82, 2.24) is 9.78 Å². The summed E-state index contributed by atoms with van der Waals surface area (Å²) < 4.78 is 1.89. The number of aliphatic hydroxyl groups is 1. The number of hydrogen-bond donors (Lipinski definition) is 1. The van der Waals surface area contributed by atoms with Crippen LogP contribution in [0.25, 0.3) is 0 Å². The van der Waals surface area contributed by atoms with Gasteiger partial charge in [0.05, 0.1) is 11.4 Å². The first-order valence-electron chi connectivity index (χ1n) is 5.95. The molecule has 1 N–H and O–H groups in total. The molecule has 0 aliphatic rings. The maximum Gasteiger partial charge on any atom is 0.121 e. The Balaban J connectivity index is 2.35. The van der Waals surface area contributed by atoms with Crippen LogP contribution in [0, 0.1) is 6.92 Å². The zero-order valence-electron chi connectivity index (χ0n) is 10.5. The summed E-state index contributed by atoms with van der Waals surface area (Å²) in [6.45, 7) is 6.96. The Bertz CT molecular complexity index is 501. The normalized spacial score (nSPS) is 12.9. The molecule has 2 heterocycles. The van der Waals surface area contributed by atoms with Gasteiger partial charge in [-0.3, -0.25) is 4.68 Å². The topological polar surface area (TPSA) is 38.0 Å². The predicted molar refractivity (Wildman–Crippen MR) is 70.4 cm³/mol. The number of aromatic nitrogens is 2. The Morgan fingerprint density at radius 3 is 2.71 bits per heavy atom. The van der Waals surface area contributed by atoms with E-state index in [9.17, 15) is 5.11 Å². The highest BCUT2D eigenvalue weighted by Crippen LogP contribution is 2.26. The third kappa shape index (κ3) is 2.42. The van der Waals surface area contributed by atoms with E-state index in [4.69, 9.17) is 0 Å². The van der Waals surface area contributed by atoms with Crippen LogP contribution in [0.2, 0.25) is 0 Å². The van der Waals surface area contributed by atoms with Gasteiger partial charge in [-0.1, -0.05) is 6.92 Å². The Morgan fingerprint density at radius 2 is 2.18 bits per heavy atom. The van der Waals surface area contributed by atoms with Crippen molar-refractivity contribution >= 4 is 11.3 Å². The number of aliphatic hydroxyl groups excluding tert-OH is 1. The van der Waals surface area contributed by atoms with E-state index in [2.05, 4.69) is 18.9 Å². The lowest BCUT2D eigenvalue weighted by Gasteiger charge is -2.10. The standard InChI is InChI=1S/C13H18N2OS/c1-4-11-7-12(15(5-2)14-11)13(16)10-6-9(3)17-8-10/h6-8,13,16H,4-5H2,1-3H3. The van der Waals surface area contributed by atoms with Crippen molar-refractivity contribution in [3.63, 3.8) is 0 Å². The van der Waals surface area contributed by atoms with Crippen LogP contribution in [0.1, 0.15) is 41.8 Å². The quantitative estimate of drug-likeness (QED) is 0.906. The van der Waals surface area contributed by atoms with E-state index in [1.807, 2.05) is 29.1 Å². The summed E-state index contributed by atoms with van der Waals surface area (Å²) in [5.74, 6) is 0. The molecule has 0 saturated carbocycles. The molecular weight excluding hydrogens is 232 g/mol. The maximum absolute atomic E-state index is 10.4. The van der Waals surface area contributed by atoms with Gasteiger partial charge in [0, 0.05) is 11.4 Å². The van der Waals surface area contributed by atoms with Crippen molar-refractivity contribution in [2.45, 2.75) is 39.8 Å². The van der Waals surface area contributed by atoms with Gasteiger partial charge < -0.3 is 5.11 Å². The molecule has 3 nitrogen and oxygen atoms in total. The second-order valence-electron chi connectivity index (χ2n) is 4.12. The lowest BCUT2D eigenvalue weighted by atomic mass is 10.1. The molecule has 0 saturated heterocycles. The van der Waals surface area contributed by atoms with Crippen LogP contribution < -0.4 is 0 Å². The van der Waals surface area contributed by atoms with Crippen LogP contribution in [-0.2, 0) is 13.0 Å². The van der Waals surface area contributed by atoms with Gasteiger partial charge in [-0.15, -0.1) is 11.3 Å². The fourth-order valence-corrected chi connectivity index (χ4v) is 2.63. The lowest BCUT2D eigenvalue weighted by Crippen LogP contribution is -2.08. The first-order valence-corrected chi connectivity index (χ1v) is 6.83. The average Bonchev–Trinajstić information content (AvgIpc) is 2.93. The van der Waals surface area contributed by atoms with Crippen LogP contribution in [0.5, 0.6) is 0 Å². The summed E-state index contributed by atoms with van der Waals surface area (Å²) in [6, 6.07) is 4.04. The minimum atomic E-state index is -0.562. The van der Waals surface area contributed by atoms with Crippen molar-refractivity contribution in [1.29, 1.82) is 0 Å². The van der Waals surface area contributed by atoms with E-state index >= 15 is 0 Å². The molecule has 0 aliphatic carbocycles. The zero-order valence-corrected chi connectivity index (χ0v) is 11.3. The van der Waals surface area contributed by atoms with Gasteiger partial charge in [-0.2, -0.15) is 5.10 Å². The van der Waals surface area contributed by atoms with E-state index in [1.54, 1.807) is 11.3 Å². The van der Waals surface area contributed by atoms with Gasteiger partial charge in [0.1, 0.15) is 6.10 Å². The average molecular weight is 250 g/mol. The van der Waals surface area contributed by atoms with Gasteiger partial charge in [0.15, 0.2) is 0 Å². The largest absolute Gasteiger partial charge is 0.382 e. The number of thiophene rings is 1. The molecule has 0 bridgehead atoms. The molecule has 1 unspecified atom stereocenters. The highest BCUT2D eigenvalue weighted by Gasteiger charge is 2.17. The highest BCUT2D eigenvalue weighted by atomic mass is 32.1. The van der Waals surface area contributed by atoms with E-state index < -0.39 is 6.10 Å². The first kappa shape index (κ1) is 12.3. The molecule has 1 atom stereocenters. The number of nitrogens with zero attached hydrogens (tertiary/aromatic N) is 2. The Labute approximate surface area is 106 Å². The van der Waals surface area contributed by atoms with Gasteiger partial charge >= 0.3 is 0 Å². The smallest absolute Gasteiger partial charge is 0.121 e. The third-order valence-corrected chi connectivity index (χ3v) is 3.75. The summed E-state index contributed by atoms with van der Waals surface area (Å²) in [5, 5.41) is 16.8. The molecule has 4 heteroatoms. The summed E-state index contributed by atoms with van der Waals surface area (Å²) in [5.41, 5.74) is 2.89. The van der Waals surface area contributed by atoms with Crippen LogP contribution in [0.15, 0.2) is 17.5 Å². The van der Waals surface area contributed by atoms with Gasteiger partial charge in [-0.25, -0.2) is 0 Å². The Morgan fingerprint density at radius 1 is 1.41 bits per heavy atom. The SMILES string of the molecule is CCc1cc(C(O)c2csc(C)c2)n(CC)n1. The van der Waals surface area contributed by atoms with Crippen LogP contribution in [-0.4, -0.2) is 14.9 Å². The van der Waals surface area contributed by atoms with Crippen LogP contribution in [0.4, 0.5) is 0 Å². The molecule has 0 aliphatic heterocycles. The van der Waals surface area contributed by atoms with Gasteiger partial charge in [0.2, 0.25) is 0 Å². The van der Waals surface area contributed by atoms with Crippen LogP contribution >= 0.6 is 11.3 Å². The molecular formula is C13H18N2OS. The molecule has 2 rings (SSSR count). The first-order chi connectivity index (χ1) is 8.15. The highest BCUT2D eigenvalue weighted by molar-refractivity contribution is 7.10. The molecule has 0 amide bonds. The van der Waals surface area contributed by atoms with Gasteiger partial charge in [0.25, 0.3) is 0 Å². The van der Waals surface area contributed by atoms with E-state index in [0.717, 1.165) is 29.9 Å². The fourth-order valence-electron chi connectivity index (χ4n) is 1.91. The minimum Gasteiger partial charge on any atom is -0.382 e.